The smallest absolute Gasteiger partial charge is 0.134 e. The van der Waals surface area contributed by atoms with Gasteiger partial charge in [0.15, 0.2) is 0 Å². The number of nitrogens with two attached hydrogens (primary N) is 1. The van der Waals surface area contributed by atoms with Crippen LogP contribution in [-0.4, -0.2) is 0 Å². The number of allylic oxidation sites excluding steroid dienone is 1. The Morgan fingerprint density at radius 1 is 1.06 bits per heavy atom. The monoisotopic (exact) mass is 241 g/mol. The minimum absolute atomic E-state index is 0.237. The van der Waals surface area contributed by atoms with Crippen molar-refractivity contribution in [2.24, 2.45) is 5.73 Å². The van der Waals surface area contributed by atoms with Crippen molar-refractivity contribution in [2.75, 3.05) is 0 Å². The van der Waals surface area contributed by atoms with Crippen LogP contribution in [0.5, 0.6) is 0 Å². The topological polar surface area (TPSA) is 26.0 Å². The summed E-state index contributed by atoms with van der Waals surface area (Å²) in [5.41, 5.74) is 6.45. The normalized spacial score (nSPS) is 17.8. The lowest BCUT2D eigenvalue weighted by Crippen LogP contribution is -2.18. The molecule has 0 saturated carbocycles. The fraction of sp³-hybridized carbons (Fsp3) is 0.385. The van der Waals surface area contributed by atoms with Gasteiger partial charge in [0.2, 0.25) is 0 Å². The summed E-state index contributed by atoms with van der Waals surface area (Å²) in [5, 5.41) is 0. The molecule has 1 aromatic carbocycles. The third-order valence-corrected chi connectivity index (χ3v) is 3.08. The summed E-state index contributed by atoms with van der Waals surface area (Å²) >= 11 is 0. The highest BCUT2D eigenvalue weighted by Crippen LogP contribution is 2.31. The molecule has 1 aromatic rings. The standard InChI is InChI=1S/C13H14F3N/c14-9-6-10(15)12(11(16)7-9)13(17)8-4-2-1-3-5-8/h4,6-7,13H,1-3,5,17H2. The van der Waals surface area contributed by atoms with E-state index in [1.165, 1.54) is 0 Å². The second-order valence-corrected chi connectivity index (χ2v) is 4.29. The summed E-state index contributed by atoms with van der Waals surface area (Å²) < 4.78 is 39.8. The molecule has 0 radical (unpaired) electrons. The van der Waals surface area contributed by atoms with Crippen LogP contribution in [0.1, 0.15) is 37.3 Å². The van der Waals surface area contributed by atoms with Crippen molar-refractivity contribution in [2.45, 2.75) is 31.7 Å². The molecule has 2 rings (SSSR count). The van der Waals surface area contributed by atoms with Crippen molar-refractivity contribution in [3.8, 4) is 0 Å². The highest BCUT2D eigenvalue weighted by Gasteiger charge is 2.22. The second-order valence-electron chi connectivity index (χ2n) is 4.29. The van der Waals surface area contributed by atoms with Crippen LogP contribution in [0.3, 0.4) is 0 Å². The minimum Gasteiger partial charge on any atom is -0.320 e. The van der Waals surface area contributed by atoms with E-state index in [2.05, 4.69) is 0 Å². The molecule has 1 nitrogen and oxygen atoms in total. The zero-order chi connectivity index (χ0) is 12.4. The molecule has 92 valence electrons. The van der Waals surface area contributed by atoms with Crippen molar-refractivity contribution in [3.63, 3.8) is 0 Å². The van der Waals surface area contributed by atoms with Gasteiger partial charge in [0, 0.05) is 17.7 Å². The van der Waals surface area contributed by atoms with Gasteiger partial charge in [0.25, 0.3) is 0 Å². The molecule has 1 atom stereocenters. The van der Waals surface area contributed by atoms with Crippen LogP contribution in [-0.2, 0) is 0 Å². The molecule has 0 amide bonds. The Morgan fingerprint density at radius 3 is 2.24 bits per heavy atom. The fourth-order valence-electron chi connectivity index (χ4n) is 2.18. The van der Waals surface area contributed by atoms with E-state index in [4.69, 9.17) is 5.73 Å². The Morgan fingerprint density at radius 2 is 1.71 bits per heavy atom. The number of benzene rings is 1. The minimum atomic E-state index is -0.923. The van der Waals surface area contributed by atoms with E-state index in [0.717, 1.165) is 31.3 Å². The van der Waals surface area contributed by atoms with Crippen LogP contribution in [0.4, 0.5) is 13.2 Å². The number of halogens is 3. The van der Waals surface area contributed by atoms with Crippen molar-refractivity contribution in [1.82, 2.24) is 0 Å². The zero-order valence-electron chi connectivity index (χ0n) is 9.35. The molecule has 4 heteroatoms. The van der Waals surface area contributed by atoms with Gasteiger partial charge in [-0.15, -0.1) is 0 Å². The summed E-state index contributed by atoms with van der Waals surface area (Å²) in [6.45, 7) is 0. The molecule has 0 aromatic heterocycles. The Labute approximate surface area is 98.1 Å². The van der Waals surface area contributed by atoms with Gasteiger partial charge in [-0.25, -0.2) is 13.2 Å². The van der Waals surface area contributed by atoms with Crippen LogP contribution in [0.25, 0.3) is 0 Å². The molecule has 0 fully saturated rings. The second kappa shape index (κ2) is 4.92. The zero-order valence-corrected chi connectivity index (χ0v) is 9.35. The van der Waals surface area contributed by atoms with Crippen LogP contribution in [0, 0.1) is 17.5 Å². The van der Waals surface area contributed by atoms with E-state index in [9.17, 15) is 13.2 Å². The maximum Gasteiger partial charge on any atom is 0.134 e. The van der Waals surface area contributed by atoms with E-state index in [1.54, 1.807) is 0 Å². The molecular formula is C13H14F3N. The van der Waals surface area contributed by atoms with Gasteiger partial charge in [0.05, 0.1) is 6.04 Å². The van der Waals surface area contributed by atoms with Crippen LogP contribution in [0.15, 0.2) is 23.8 Å². The fourth-order valence-corrected chi connectivity index (χ4v) is 2.18. The van der Waals surface area contributed by atoms with Crippen molar-refractivity contribution < 1.29 is 13.2 Å². The molecule has 0 bridgehead atoms. The lowest BCUT2D eigenvalue weighted by molar-refractivity contribution is 0.507. The van der Waals surface area contributed by atoms with Gasteiger partial charge in [-0.1, -0.05) is 11.6 Å². The number of hydrogen-bond donors (Lipinski definition) is 1. The lowest BCUT2D eigenvalue weighted by atomic mass is 9.90. The highest BCUT2D eigenvalue weighted by atomic mass is 19.1. The molecule has 17 heavy (non-hydrogen) atoms. The average molecular weight is 241 g/mol. The molecule has 1 unspecified atom stereocenters. The predicted octanol–water partition coefficient (Wildman–Crippen LogP) is 3.60. The van der Waals surface area contributed by atoms with E-state index < -0.39 is 23.5 Å². The van der Waals surface area contributed by atoms with Crippen LogP contribution in [0.2, 0.25) is 0 Å². The summed E-state index contributed by atoms with van der Waals surface area (Å²) in [5.74, 6) is -2.75. The predicted molar refractivity (Wildman–Crippen MR) is 59.8 cm³/mol. The van der Waals surface area contributed by atoms with Crippen molar-refractivity contribution in [1.29, 1.82) is 0 Å². The summed E-state index contributed by atoms with van der Waals surface area (Å²) in [7, 11) is 0. The highest BCUT2D eigenvalue weighted by molar-refractivity contribution is 5.31. The molecule has 0 heterocycles. The summed E-state index contributed by atoms with van der Waals surface area (Å²) in [4.78, 5) is 0. The Bertz CT molecular complexity index is 431. The maximum absolute atomic E-state index is 13.5. The van der Waals surface area contributed by atoms with Gasteiger partial charge >= 0.3 is 0 Å². The third-order valence-electron chi connectivity index (χ3n) is 3.08. The molecule has 1 aliphatic rings. The quantitative estimate of drug-likeness (QED) is 0.786. The Hall–Kier alpha value is -1.29. The summed E-state index contributed by atoms with van der Waals surface area (Å²) in [6.07, 6.45) is 5.61. The van der Waals surface area contributed by atoms with Crippen LogP contribution < -0.4 is 5.73 Å². The molecule has 0 saturated heterocycles. The summed E-state index contributed by atoms with van der Waals surface area (Å²) in [6, 6.07) is 0.527. The molecule has 2 N–H and O–H groups in total. The van der Waals surface area contributed by atoms with Crippen molar-refractivity contribution >= 4 is 0 Å². The van der Waals surface area contributed by atoms with Crippen LogP contribution >= 0.6 is 0 Å². The first-order chi connectivity index (χ1) is 8.09. The molecular weight excluding hydrogens is 227 g/mol. The number of rotatable bonds is 2. The first-order valence-electron chi connectivity index (χ1n) is 5.68. The largest absolute Gasteiger partial charge is 0.320 e. The third kappa shape index (κ3) is 2.52. The lowest BCUT2D eigenvalue weighted by Gasteiger charge is -2.20. The average Bonchev–Trinajstić information content (AvgIpc) is 2.28. The maximum atomic E-state index is 13.5. The van der Waals surface area contributed by atoms with E-state index in [0.29, 0.717) is 12.1 Å². The van der Waals surface area contributed by atoms with E-state index >= 15 is 0 Å². The van der Waals surface area contributed by atoms with Gasteiger partial charge in [-0.05, 0) is 25.7 Å². The first kappa shape index (κ1) is 12.2. The Kier molecular flexibility index (Phi) is 3.52. The van der Waals surface area contributed by atoms with E-state index in [-0.39, 0.29) is 5.56 Å². The van der Waals surface area contributed by atoms with Gasteiger partial charge < -0.3 is 5.73 Å². The van der Waals surface area contributed by atoms with Gasteiger partial charge in [-0.3, -0.25) is 0 Å². The molecule has 1 aliphatic carbocycles. The van der Waals surface area contributed by atoms with E-state index in [1.807, 2.05) is 6.08 Å². The first-order valence-corrected chi connectivity index (χ1v) is 5.68. The Balaban J connectivity index is 2.36. The van der Waals surface area contributed by atoms with Gasteiger partial charge in [-0.2, -0.15) is 0 Å². The molecule has 0 spiro atoms. The van der Waals surface area contributed by atoms with Gasteiger partial charge in [0.1, 0.15) is 17.5 Å². The number of hydrogen-bond acceptors (Lipinski definition) is 1. The molecule has 0 aliphatic heterocycles. The SMILES string of the molecule is NC(C1=CCCCC1)c1c(F)cc(F)cc1F. The van der Waals surface area contributed by atoms with Crippen molar-refractivity contribution in [3.05, 3.63) is 46.8 Å².